The lowest BCUT2D eigenvalue weighted by Gasteiger charge is -2.28. The van der Waals surface area contributed by atoms with Gasteiger partial charge in [-0.05, 0) is 45.7 Å². The van der Waals surface area contributed by atoms with E-state index in [-0.39, 0.29) is 0 Å². The van der Waals surface area contributed by atoms with E-state index in [2.05, 4.69) is 39.5 Å². The van der Waals surface area contributed by atoms with E-state index in [1.54, 1.807) is 0 Å². The minimum atomic E-state index is 0.712. The van der Waals surface area contributed by atoms with Gasteiger partial charge in [-0.2, -0.15) is 0 Å². The highest BCUT2D eigenvalue weighted by Crippen LogP contribution is 2.18. The lowest BCUT2D eigenvalue weighted by atomic mass is 9.94. The van der Waals surface area contributed by atoms with Gasteiger partial charge >= 0.3 is 0 Å². The first-order valence-electron chi connectivity index (χ1n) is 7.39. The molecule has 0 N–H and O–H groups in total. The molecule has 0 unspecified atom stereocenters. The molecule has 0 aromatic rings. The fraction of sp³-hybridized carbons (Fsp3) is 1.00. The summed E-state index contributed by atoms with van der Waals surface area (Å²) < 4.78 is 0. The van der Waals surface area contributed by atoms with Gasteiger partial charge in [-0.25, -0.2) is 0 Å². The summed E-state index contributed by atoms with van der Waals surface area (Å²) in [4.78, 5) is 2.64. The van der Waals surface area contributed by atoms with Crippen LogP contribution in [0.25, 0.3) is 0 Å². The Morgan fingerprint density at radius 1 is 0.750 bits per heavy atom. The molecule has 0 aliphatic rings. The van der Waals surface area contributed by atoms with E-state index in [0.29, 0.717) is 6.04 Å². The van der Waals surface area contributed by atoms with E-state index in [1.807, 2.05) is 0 Å². The molecule has 0 bridgehead atoms. The van der Waals surface area contributed by atoms with Gasteiger partial charge in [0, 0.05) is 6.04 Å². The summed E-state index contributed by atoms with van der Waals surface area (Å²) in [6, 6.07) is 0.712. The maximum atomic E-state index is 2.64. The molecule has 98 valence electrons. The molecule has 0 amide bonds. The molecule has 0 rings (SSSR count). The van der Waals surface area contributed by atoms with Crippen LogP contribution in [0.15, 0.2) is 0 Å². The Labute approximate surface area is 104 Å². The minimum absolute atomic E-state index is 0.712. The third-order valence-corrected chi connectivity index (χ3v) is 3.46. The van der Waals surface area contributed by atoms with Crippen molar-refractivity contribution in [2.45, 2.75) is 79.2 Å². The van der Waals surface area contributed by atoms with Crippen molar-refractivity contribution in [1.82, 2.24) is 4.90 Å². The standard InChI is InChI=1S/C15H33N/c1-6-9-15(10-7-2)11-13-16(12-8-3)14(4)5/h14-15H,6-13H2,1-5H3. The summed E-state index contributed by atoms with van der Waals surface area (Å²) in [5.74, 6) is 0.966. The second-order valence-electron chi connectivity index (χ2n) is 5.36. The first-order chi connectivity index (χ1) is 7.65. The van der Waals surface area contributed by atoms with E-state index < -0.39 is 0 Å². The molecule has 1 nitrogen and oxygen atoms in total. The Kier molecular flexibility index (Phi) is 10.1. The van der Waals surface area contributed by atoms with Crippen LogP contribution in [-0.2, 0) is 0 Å². The first kappa shape index (κ1) is 16.0. The number of rotatable bonds is 10. The van der Waals surface area contributed by atoms with Gasteiger partial charge in [0.25, 0.3) is 0 Å². The molecule has 0 fully saturated rings. The molecular weight excluding hydrogens is 194 g/mol. The van der Waals surface area contributed by atoms with Crippen LogP contribution in [0.2, 0.25) is 0 Å². The van der Waals surface area contributed by atoms with Crippen molar-refractivity contribution in [1.29, 1.82) is 0 Å². The highest BCUT2D eigenvalue weighted by atomic mass is 15.1. The van der Waals surface area contributed by atoms with Crippen LogP contribution in [0, 0.1) is 5.92 Å². The summed E-state index contributed by atoms with van der Waals surface area (Å²) in [7, 11) is 0. The summed E-state index contributed by atoms with van der Waals surface area (Å²) in [6.07, 6.45) is 8.22. The molecule has 0 aromatic carbocycles. The largest absolute Gasteiger partial charge is 0.301 e. The van der Waals surface area contributed by atoms with Crippen LogP contribution in [0.5, 0.6) is 0 Å². The molecule has 0 aliphatic carbocycles. The van der Waals surface area contributed by atoms with Crippen molar-refractivity contribution in [3.63, 3.8) is 0 Å². The predicted molar refractivity (Wildman–Crippen MR) is 74.9 cm³/mol. The first-order valence-corrected chi connectivity index (χ1v) is 7.39. The van der Waals surface area contributed by atoms with Crippen LogP contribution < -0.4 is 0 Å². The molecule has 0 atom stereocenters. The zero-order valence-electron chi connectivity index (χ0n) is 12.3. The number of hydrogen-bond donors (Lipinski definition) is 0. The monoisotopic (exact) mass is 227 g/mol. The van der Waals surface area contributed by atoms with E-state index in [1.165, 1.54) is 51.6 Å². The Balaban J connectivity index is 3.93. The third-order valence-electron chi connectivity index (χ3n) is 3.46. The molecule has 0 saturated carbocycles. The lowest BCUT2D eigenvalue weighted by Crippen LogP contribution is -2.33. The molecule has 0 aromatic heterocycles. The van der Waals surface area contributed by atoms with Crippen molar-refractivity contribution >= 4 is 0 Å². The molecular formula is C15H33N. The van der Waals surface area contributed by atoms with Gasteiger partial charge in [0.1, 0.15) is 0 Å². The van der Waals surface area contributed by atoms with Crippen LogP contribution >= 0.6 is 0 Å². The second kappa shape index (κ2) is 10.1. The Bertz CT molecular complexity index is 136. The van der Waals surface area contributed by atoms with Gasteiger partial charge < -0.3 is 4.90 Å². The highest BCUT2D eigenvalue weighted by Gasteiger charge is 2.12. The fourth-order valence-corrected chi connectivity index (χ4v) is 2.51. The van der Waals surface area contributed by atoms with Crippen molar-refractivity contribution in [3.8, 4) is 0 Å². The second-order valence-corrected chi connectivity index (χ2v) is 5.36. The van der Waals surface area contributed by atoms with Gasteiger partial charge in [0.05, 0.1) is 0 Å². The highest BCUT2D eigenvalue weighted by molar-refractivity contribution is 4.66. The van der Waals surface area contributed by atoms with E-state index in [0.717, 1.165) is 5.92 Å². The van der Waals surface area contributed by atoms with Crippen molar-refractivity contribution in [3.05, 3.63) is 0 Å². The minimum Gasteiger partial charge on any atom is -0.301 e. The van der Waals surface area contributed by atoms with E-state index in [9.17, 15) is 0 Å². The molecule has 16 heavy (non-hydrogen) atoms. The third kappa shape index (κ3) is 7.27. The zero-order valence-corrected chi connectivity index (χ0v) is 12.3. The zero-order chi connectivity index (χ0) is 12.4. The van der Waals surface area contributed by atoms with Crippen molar-refractivity contribution < 1.29 is 0 Å². The lowest BCUT2D eigenvalue weighted by molar-refractivity contribution is 0.200. The fourth-order valence-electron chi connectivity index (χ4n) is 2.51. The summed E-state index contributed by atoms with van der Waals surface area (Å²) in [5.41, 5.74) is 0. The summed E-state index contributed by atoms with van der Waals surface area (Å²) in [6.45, 7) is 14.1. The van der Waals surface area contributed by atoms with Crippen LogP contribution in [0.4, 0.5) is 0 Å². The van der Waals surface area contributed by atoms with Gasteiger partial charge in [0.2, 0.25) is 0 Å². The van der Waals surface area contributed by atoms with E-state index in [4.69, 9.17) is 0 Å². The Hall–Kier alpha value is -0.0400. The number of hydrogen-bond acceptors (Lipinski definition) is 1. The van der Waals surface area contributed by atoms with Gasteiger partial charge in [-0.3, -0.25) is 0 Å². The van der Waals surface area contributed by atoms with Gasteiger partial charge in [-0.1, -0.05) is 46.5 Å². The predicted octanol–water partition coefficient (Wildman–Crippen LogP) is 4.71. The molecule has 0 heterocycles. The van der Waals surface area contributed by atoms with Crippen molar-refractivity contribution in [2.75, 3.05) is 13.1 Å². The molecule has 0 aliphatic heterocycles. The molecule has 0 radical (unpaired) electrons. The molecule has 1 heteroatoms. The summed E-state index contributed by atoms with van der Waals surface area (Å²) >= 11 is 0. The maximum Gasteiger partial charge on any atom is 0.00385 e. The molecule has 0 saturated heterocycles. The quantitative estimate of drug-likeness (QED) is 0.522. The van der Waals surface area contributed by atoms with Gasteiger partial charge in [0.15, 0.2) is 0 Å². The van der Waals surface area contributed by atoms with Crippen LogP contribution in [0.1, 0.15) is 73.1 Å². The van der Waals surface area contributed by atoms with Gasteiger partial charge in [-0.15, -0.1) is 0 Å². The Morgan fingerprint density at radius 3 is 1.69 bits per heavy atom. The number of nitrogens with zero attached hydrogens (tertiary/aromatic N) is 1. The molecule has 0 spiro atoms. The average Bonchev–Trinajstić information content (AvgIpc) is 2.24. The van der Waals surface area contributed by atoms with Crippen molar-refractivity contribution in [2.24, 2.45) is 5.92 Å². The average molecular weight is 227 g/mol. The van der Waals surface area contributed by atoms with Crippen LogP contribution in [-0.4, -0.2) is 24.0 Å². The maximum absolute atomic E-state index is 2.64. The Morgan fingerprint density at radius 2 is 1.31 bits per heavy atom. The smallest absolute Gasteiger partial charge is 0.00385 e. The van der Waals surface area contributed by atoms with E-state index >= 15 is 0 Å². The topological polar surface area (TPSA) is 3.24 Å². The van der Waals surface area contributed by atoms with Crippen LogP contribution in [0.3, 0.4) is 0 Å². The SMILES string of the molecule is CCCC(CCC)CCN(CCC)C(C)C. The summed E-state index contributed by atoms with van der Waals surface area (Å²) in [5, 5.41) is 0. The normalized spacial score (nSPS) is 12.0.